The van der Waals surface area contributed by atoms with E-state index in [4.69, 9.17) is 17.3 Å². The van der Waals surface area contributed by atoms with E-state index in [2.05, 4.69) is 0 Å². The van der Waals surface area contributed by atoms with E-state index in [1.165, 1.54) is 11.3 Å². The average molecular weight is 309 g/mol. The molecule has 0 saturated heterocycles. The van der Waals surface area contributed by atoms with Crippen molar-refractivity contribution in [3.05, 3.63) is 51.2 Å². The molecule has 106 valence electrons. The van der Waals surface area contributed by atoms with Crippen LogP contribution in [0.3, 0.4) is 0 Å². The van der Waals surface area contributed by atoms with E-state index in [0.717, 1.165) is 20.5 Å². The minimum absolute atomic E-state index is 0.109. The van der Waals surface area contributed by atoms with Gasteiger partial charge in [-0.1, -0.05) is 29.8 Å². The number of amides is 1. The Labute approximate surface area is 128 Å². The van der Waals surface area contributed by atoms with E-state index in [1.54, 1.807) is 4.90 Å². The summed E-state index contributed by atoms with van der Waals surface area (Å²) in [6, 6.07) is 11.5. The number of aryl methyl sites for hydroxylation is 1. The number of benzene rings is 1. The molecule has 0 aliphatic heterocycles. The Morgan fingerprint density at radius 1 is 1.30 bits per heavy atom. The van der Waals surface area contributed by atoms with Crippen molar-refractivity contribution >= 4 is 34.5 Å². The van der Waals surface area contributed by atoms with Crippen molar-refractivity contribution in [2.45, 2.75) is 19.4 Å². The molecule has 0 unspecified atom stereocenters. The molecular formula is C15H17ClN2OS. The van der Waals surface area contributed by atoms with Gasteiger partial charge < -0.3 is 10.6 Å². The van der Waals surface area contributed by atoms with Gasteiger partial charge in [0.1, 0.15) is 0 Å². The molecule has 0 fully saturated rings. The van der Waals surface area contributed by atoms with Crippen molar-refractivity contribution in [2.75, 3.05) is 12.8 Å². The Balaban J connectivity index is 1.87. The summed E-state index contributed by atoms with van der Waals surface area (Å²) in [5.41, 5.74) is 7.64. The van der Waals surface area contributed by atoms with Crippen molar-refractivity contribution in [1.29, 1.82) is 0 Å². The maximum atomic E-state index is 12.1. The zero-order chi connectivity index (χ0) is 14.5. The molecule has 1 aromatic carbocycles. The molecule has 2 N–H and O–H groups in total. The summed E-state index contributed by atoms with van der Waals surface area (Å²) >= 11 is 7.39. The first-order valence-electron chi connectivity index (χ1n) is 6.38. The van der Waals surface area contributed by atoms with Gasteiger partial charge in [0.15, 0.2) is 0 Å². The quantitative estimate of drug-likeness (QED) is 0.858. The van der Waals surface area contributed by atoms with Crippen LogP contribution in [0.15, 0.2) is 36.4 Å². The molecule has 5 heteroatoms. The number of para-hydroxylation sites is 1. The molecule has 0 radical (unpaired) electrons. The van der Waals surface area contributed by atoms with Crippen LogP contribution in [0.4, 0.5) is 5.69 Å². The highest BCUT2D eigenvalue weighted by molar-refractivity contribution is 7.16. The molecule has 0 saturated carbocycles. The highest BCUT2D eigenvalue weighted by atomic mass is 35.5. The van der Waals surface area contributed by atoms with Gasteiger partial charge in [0.25, 0.3) is 0 Å². The summed E-state index contributed by atoms with van der Waals surface area (Å²) in [7, 11) is 1.81. The fourth-order valence-electron chi connectivity index (χ4n) is 1.95. The van der Waals surface area contributed by atoms with Crippen LogP contribution >= 0.6 is 22.9 Å². The molecule has 2 rings (SSSR count). The van der Waals surface area contributed by atoms with E-state index in [9.17, 15) is 4.79 Å². The lowest BCUT2D eigenvalue weighted by Crippen LogP contribution is -2.26. The highest BCUT2D eigenvalue weighted by Gasteiger charge is 2.11. The number of halogens is 1. The summed E-state index contributed by atoms with van der Waals surface area (Å²) in [6.45, 7) is 0.598. The monoisotopic (exact) mass is 308 g/mol. The van der Waals surface area contributed by atoms with Crippen molar-refractivity contribution in [3.8, 4) is 0 Å². The molecule has 0 atom stereocenters. The molecule has 1 aromatic heterocycles. The minimum atomic E-state index is 0.109. The van der Waals surface area contributed by atoms with Crippen molar-refractivity contribution in [2.24, 2.45) is 0 Å². The predicted octanol–water partition coefficient (Wildman–Crippen LogP) is 3.57. The van der Waals surface area contributed by atoms with Gasteiger partial charge in [-0.3, -0.25) is 4.79 Å². The largest absolute Gasteiger partial charge is 0.399 e. The third-order valence-electron chi connectivity index (χ3n) is 3.11. The highest BCUT2D eigenvalue weighted by Crippen LogP contribution is 2.22. The van der Waals surface area contributed by atoms with E-state index >= 15 is 0 Å². The van der Waals surface area contributed by atoms with Crippen molar-refractivity contribution in [3.63, 3.8) is 0 Å². The van der Waals surface area contributed by atoms with Crippen LogP contribution < -0.4 is 5.73 Å². The fraction of sp³-hybridized carbons (Fsp3) is 0.267. The van der Waals surface area contributed by atoms with E-state index in [1.807, 2.05) is 43.4 Å². The molecule has 1 amide bonds. The number of nitrogen functional groups attached to an aromatic ring is 1. The van der Waals surface area contributed by atoms with Crippen molar-refractivity contribution < 1.29 is 4.79 Å². The number of hydrogen-bond donors (Lipinski definition) is 1. The number of carbonyl (C=O) groups is 1. The number of hydrogen-bond acceptors (Lipinski definition) is 3. The van der Waals surface area contributed by atoms with Crippen molar-refractivity contribution in [1.82, 2.24) is 4.90 Å². The summed E-state index contributed by atoms with van der Waals surface area (Å²) in [4.78, 5) is 14.9. The van der Waals surface area contributed by atoms with Gasteiger partial charge in [-0.05, 0) is 30.2 Å². The smallest absolute Gasteiger partial charge is 0.222 e. The first kappa shape index (κ1) is 14.9. The summed E-state index contributed by atoms with van der Waals surface area (Å²) < 4.78 is 0.748. The van der Waals surface area contributed by atoms with Gasteiger partial charge in [-0.25, -0.2) is 0 Å². The Kier molecular flexibility index (Phi) is 5.04. The second-order valence-electron chi connectivity index (χ2n) is 4.65. The molecule has 2 aromatic rings. The number of anilines is 1. The lowest BCUT2D eigenvalue weighted by molar-refractivity contribution is -0.130. The van der Waals surface area contributed by atoms with Gasteiger partial charge in [0.2, 0.25) is 5.91 Å². The molecule has 20 heavy (non-hydrogen) atoms. The van der Waals surface area contributed by atoms with E-state index < -0.39 is 0 Å². The standard InChI is InChI=1S/C15H17ClN2OS/c1-18(10-12-7-8-14(16)20-12)15(19)9-6-11-4-2-3-5-13(11)17/h2-5,7-8H,6,9-10,17H2,1H3. The number of carbonyl (C=O) groups excluding carboxylic acids is 1. The van der Waals surface area contributed by atoms with Crippen LogP contribution in [0, 0.1) is 0 Å². The molecule has 1 heterocycles. The van der Waals surface area contributed by atoms with Crippen LogP contribution in [-0.4, -0.2) is 17.9 Å². The minimum Gasteiger partial charge on any atom is -0.399 e. The van der Waals surface area contributed by atoms with Gasteiger partial charge in [-0.15, -0.1) is 11.3 Å². The average Bonchev–Trinajstić information content (AvgIpc) is 2.82. The summed E-state index contributed by atoms with van der Waals surface area (Å²) in [5.74, 6) is 0.109. The maximum absolute atomic E-state index is 12.1. The van der Waals surface area contributed by atoms with Crippen LogP contribution in [0.2, 0.25) is 4.34 Å². The molecule has 3 nitrogen and oxygen atoms in total. The molecule has 0 aliphatic carbocycles. The predicted molar refractivity (Wildman–Crippen MR) is 85.0 cm³/mol. The second kappa shape index (κ2) is 6.77. The van der Waals surface area contributed by atoms with E-state index in [-0.39, 0.29) is 5.91 Å². The molecule has 0 bridgehead atoms. The van der Waals surface area contributed by atoms with Crippen LogP contribution in [-0.2, 0) is 17.8 Å². The van der Waals surface area contributed by atoms with Gasteiger partial charge in [0.05, 0.1) is 10.9 Å². The topological polar surface area (TPSA) is 46.3 Å². The Morgan fingerprint density at radius 3 is 2.70 bits per heavy atom. The Bertz CT molecular complexity index is 597. The normalized spacial score (nSPS) is 10.5. The van der Waals surface area contributed by atoms with Gasteiger partial charge >= 0.3 is 0 Å². The maximum Gasteiger partial charge on any atom is 0.222 e. The zero-order valence-corrected chi connectivity index (χ0v) is 12.9. The molecule has 0 aliphatic rings. The lowest BCUT2D eigenvalue weighted by Gasteiger charge is -2.16. The van der Waals surface area contributed by atoms with E-state index in [0.29, 0.717) is 19.4 Å². The number of nitrogens with zero attached hydrogens (tertiary/aromatic N) is 1. The van der Waals surface area contributed by atoms with Crippen LogP contribution in [0.25, 0.3) is 0 Å². The van der Waals surface area contributed by atoms with Gasteiger partial charge in [-0.2, -0.15) is 0 Å². The first-order valence-corrected chi connectivity index (χ1v) is 7.57. The fourth-order valence-corrected chi connectivity index (χ4v) is 3.09. The SMILES string of the molecule is CN(Cc1ccc(Cl)s1)C(=O)CCc1ccccc1N. The Morgan fingerprint density at radius 2 is 2.05 bits per heavy atom. The third-order valence-corrected chi connectivity index (χ3v) is 4.33. The van der Waals surface area contributed by atoms with Crippen LogP contribution in [0.1, 0.15) is 16.9 Å². The summed E-state index contributed by atoms with van der Waals surface area (Å²) in [5, 5.41) is 0. The lowest BCUT2D eigenvalue weighted by atomic mass is 10.1. The number of nitrogens with two attached hydrogens (primary N) is 1. The Hall–Kier alpha value is -1.52. The number of thiophene rings is 1. The zero-order valence-electron chi connectivity index (χ0n) is 11.3. The molecule has 0 spiro atoms. The third kappa shape index (κ3) is 3.99. The van der Waals surface area contributed by atoms with Gasteiger partial charge in [0, 0.05) is 24.0 Å². The first-order chi connectivity index (χ1) is 9.56. The molecular weight excluding hydrogens is 292 g/mol. The van der Waals surface area contributed by atoms with Crippen LogP contribution in [0.5, 0.6) is 0 Å². The second-order valence-corrected chi connectivity index (χ2v) is 6.45. The summed E-state index contributed by atoms with van der Waals surface area (Å²) in [6.07, 6.45) is 1.13. The number of rotatable bonds is 5.